The average molecular weight is 398 g/mol. The first-order valence-electron chi connectivity index (χ1n) is 8.22. The molecule has 0 aliphatic carbocycles. The minimum absolute atomic E-state index is 0.0299. The molecule has 8 nitrogen and oxygen atoms in total. The highest BCUT2D eigenvalue weighted by atomic mass is 32.2. The highest BCUT2D eigenvalue weighted by Crippen LogP contribution is 2.40. The molecule has 0 saturated carbocycles. The van der Waals surface area contributed by atoms with Crippen LogP contribution in [0.25, 0.3) is 0 Å². The number of thioether (sulfide) groups is 1. The van der Waals surface area contributed by atoms with Crippen molar-refractivity contribution >= 4 is 38.4 Å². The molecule has 3 heterocycles. The van der Waals surface area contributed by atoms with Crippen LogP contribution in [-0.4, -0.2) is 62.3 Å². The van der Waals surface area contributed by atoms with Crippen LogP contribution >= 0.6 is 11.8 Å². The van der Waals surface area contributed by atoms with Crippen molar-refractivity contribution in [3.05, 3.63) is 18.2 Å². The lowest BCUT2D eigenvalue weighted by atomic mass is 10.1. The molecule has 140 valence electrons. The molecule has 4 rings (SSSR count). The Hall–Kier alpha value is -1.94. The summed E-state index contributed by atoms with van der Waals surface area (Å²) in [6, 6.07) is 4.86. The Morgan fingerprint density at radius 1 is 1.35 bits per heavy atom. The van der Waals surface area contributed by atoms with Crippen molar-refractivity contribution in [3.8, 4) is 11.5 Å². The van der Waals surface area contributed by atoms with E-state index in [2.05, 4.69) is 4.99 Å². The molecular weight excluding hydrogens is 380 g/mol. The number of carbonyl (C=O) groups is 1. The van der Waals surface area contributed by atoms with E-state index in [0.717, 1.165) is 5.69 Å². The molecule has 10 heteroatoms. The number of esters is 1. The van der Waals surface area contributed by atoms with Crippen LogP contribution < -0.4 is 14.4 Å². The molecule has 2 unspecified atom stereocenters. The Morgan fingerprint density at radius 2 is 2.15 bits per heavy atom. The second-order valence-corrected chi connectivity index (χ2v) is 9.22. The third kappa shape index (κ3) is 3.23. The van der Waals surface area contributed by atoms with Crippen molar-refractivity contribution < 1.29 is 27.4 Å². The molecule has 0 aromatic heterocycles. The maximum atomic E-state index is 12.0. The zero-order chi connectivity index (χ0) is 18.3. The Morgan fingerprint density at radius 3 is 2.96 bits per heavy atom. The lowest BCUT2D eigenvalue weighted by Crippen LogP contribution is -2.39. The summed E-state index contributed by atoms with van der Waals surface area (Å²) in [4.78, 5) is 18.2. The van der Waals surface area contributed by atoms with E-state index in [1.54, 1.807) is 13.0 Å². The second kappa shape index (κ2) is 6.66. The summed E-state index contributed by atoms with van der Waals surface area (Å²) < 4.78 is 39.8. The third-order valence-corrected chi connectivity index (χ3v) is 7.01. The Kier molecular flexibility index (Phi) is 4.47. The highest BCUT2D eigenvalue weighted by molar-refractivity contribution is 8.14. The highest BCUT2D eigenvalue weighted by Gasteiger charge is 2.47. The van der Waals surface area contributed by atoms with Gasteiger partial charge in [0.05, 0.1) is 35.9 Å². The van der Waals surface area contributed by atoms with E-state index < -0.39 is 9.84 Å². The SMILES string of the molecule is CCOC(=O)CSC1=NC2CS(=O)(=O)CC2N1c1ccc2c(c1)OCO2. The molecule has 2 atom stereocenters. The number of hydrogen-bond donors (Lipinski definition) is 0. The van der Waals surface area contributed by atoms with Gasteiger partial charge in [0.1, 0.15) is 0 Å². The fourth-order valence-corrected chi connectivity index (χ4v) is 6.06. The topological polar surface area (TPSA) is 94.5 Å². The number of ether oxygens (including phenoxy) is 3. The number of amidine groups is 1. The molecule has 3 aliphatic heterocycles. The van der Waals surface area contributed by atoms with Gasteiger partial charge in [0.2, 0.25) is 6.79 Å². The number of rotatable bonds is 4. The van der Waals surface area contributed by atoms with Crippen molar-refractivity contribution in [1.29, 1.82) is 0 Å². The van der Waals surface area contributed by atoms with Crippen LogP contribution in [0.4, 0.5) is 5.69 Å². The molecule has 0 radical (unpaired) electrons. The normalized spacial score (nSPS) is 25.1. The zero-order valence-electron chi connectivity index (χ0n) is 14.1. The van der Waals surface area contributed by atoms with Gasteiger partial charge in [-0.05, 0) is 19.1 Å². The van der Waals surface area contributed by atoms with Crippen LogP contribution in [0.15, 0.2) is 23.2 Å². The molecule has 1 saturated heterocycles. The molecule has 1 aromatic rings. The predicted molar refractivity (Wildman–Crippen MR) is 97.8 cm³/mol. The fraction of sp³-hybridized carbons (Fsp3) is 0.500. The summed E-state index contributed by atoms with van der Waals surface area (Å²) in [5, 5.41) is 0.627. The van der Waals surface area contributed by atoms with Crippen LogP contribution in [-0.2, 0) is 19.4 Å². The van der Waals surface area contributed by atoms with Gasteiger partial charge in [-0.25, -0.2) is 8.42 Å². The Balaban J connectivity index is 1.62. The van der Waals surface area contributed by atoms with Crippen molar-refractivity contribution in [3.63, 3.8) is 0 Å². The number of hydrogen-bond acceptors (Lipinski definition) is 9. The fourth-order valence-electron chi connectivity index (χ4n) is 3.30. The average Bonchev–Trinajstić information content (AvgIpc) is 3.24. The van der Waals surface area contributed by atoms with Crippen LogP contribution in [0.3, 0.4) is 0 Å². The van der Waals surface area contributed by atoms with Crippen LogP contribution in [0.1, 0.15) is 6.92 Å². The van der Waals surface area contributed by atoms with E-state index in [9.17, 15) is 13.2 Å². The van der Waals surface area contributed by atoms with Crippen molar-refractivity contribution in [2.45, 2.75) is 19.0 Å². The van der Waals surface area contributed by atoms with Gasteiger partial charge in [-0.2, -0.15) is 0 Å². The number of nitrogens with zero attached hydrogens (tertiary/aromatic N) is 2. The summed E-state index contributed by atoms with van der Waals surface area (Å²) in [6.07, 6.45) is 0. The molecule has 1 fully saturated rings. The van der Waals surface area contributed by atoms with Crippen molar-refractivity contribution in [2.24, 2.45) is 4.99 Å². The lowest BCUT2D eigenvalue weighted by Gasteiger charge is -2.26. The first kappa shape index (κ1) is 17.5. The number of aliphatic imine (C=N–C) groups is 1. The number of anilines is 1. The van der Waals surface area contributed by atoms with E-state index in [1.807, 2.05) is 17.0 Å². The predicted octanol–water partition coefficient (Wildman–Crippen LogP) is 1.05. The van der Waals surface area contributed by atoms with Crippen molar-refractivity contribution in [1.82, 2.24) is 0 Å². The summed E-state index contributed by atoms with van der Waals surface area (Å²) in [5.41, 5.74) is 0.772. The van der Waals surface area contributed by atoms with Crippen molar-refractivity contribution in [2.75, 3.05) is 35.6 Å². The number of fused-ring (bicyclic) bond motifs is 2. The monoisotopic (exact) mass is 398 g/mol. The number of benzene rings is 1. The molecule has 26 heavy (non-hydrogen) atoms. The van der Waals surface area contributed by atoms with Gasteiger partial charge in [-0.1, -0.05) is 11.8 Å². The standard InChI is InChI=1S/C16H18N2O6S2/c1-2-22-15(19)6-25-16-17-11-7-26(20,21)8-12(11)18(16)10-3-4-13-14(5-10)24-9-23-13/h3-5,11-12H,2,6-9H2,1H3. The van der Waals surface area contributed by atoms with E-state index >= 15 is 0 Å². The summed E-state index contributed by atoms with van der Waals surface area (Å²) in [7, 11) is -3.13. The third-order valence-electron chi connectivity index (χ3n) is 4.37. The minimum atomic E-state index is -3.13. The minimum Gasteiger partial charge on any atom is -0.465 e. The summed E-state index contributed by atoms with van der Waals surface area (Å²) in [5.74, 6) is 1.14. The molecular formula is C16H18N2O6S2. The molecule has 0 spiro atoms. The van der Waals surface area contributed by atoms with Crippen LogP contribution in [0.5, 0.6) is 11.5 Å². The van der Waals surface area contributed by atoms with E-state index in [-0.39, 0.29) is 42.1 Å². The maximum Gasteiger partial charge on any atom is 0.316 e. The van der Waals surface area contributed by atoms with E-state index in [1.165, 1.54) is 11.8 Å². The summed E-state index contributed by atoms with van der Waals surface area (Å²) in [6.45, 7) is 2.24. The molecule has 3 aliphatic rings. The zero-order valence-corrected chi connectivity index (χ0v) is 15.7. The first-order valence-corrected chi connectivity index (χ1v) is 11.0. The van der Waals surface area contributed by atoms with Gasteiger partial charge in [0, 0.05) is 11.8 Å². The van der Waals surface area contributed by atoms with Gasteiger partial charge in [0.25, 0.3) is 0 Å². The van der Waals surface area contributed by atoms with Gasteiger partial charge in [-0.3, -0.25) is 9.79 Å². The Bertz CT molecular complexity index is 869. The first-order chi connectivity index (χ1) is 12.5. The van der Waals surface area contributed by atoms with Gasteiger partial charge < -0.3 is 19.1 Å². The van der Waals surface area contributed by atoms with Crippen LogP contribution in [0.2, 0.25) is 0 Å². The quantitative estimate of drug-likeness (QED) is 0.695. The largest absolute Gasteiger partial charge is 0.465 e. The van der Waals surface area contributed by atoms with E-state index in [4.69, 9.17) is 14.2 Å². The molecule has 0 N–H and O–H groups in total. The van der Waals surface area contributed by atoms with Gasteiger partial charge >= 0.3 is 5.97 Å². The second-order valence-electron chi connectivity index (χ2n) is 6.12. The van der Waals surface area contributed by atoms with Crippen LogP contribution in [0, 0.1) is 0 Å². The molecule has 1 aromatic carbocycles. The van der Waals surface area contributed by atoms with Gasteiger partial charge in [-0.15, -0.1) is 0 Å². The van der Waals surface area contributed by atoms with Gasteiger partial charge in [0.15, 0.2) is 26.5 Å². The van der Waals surface area contributed by atoms with E-state index in [0.29, 0.717) is 23.3 Å². The lowest BCUT2D eigenvalue weighted by molar-refractivity contribution is -0.139. The summed E-state index contributed by atoms with van der Waals surface area (Å²) >= 11 is 1.26. The Labute approximate surface area is 155 Å². The smallest absolute Gasteiger partial charge is 0.316 e. The molecule has 0 bridgehead atoms. The maximum absolute atomic E-state index is 12.0. The number of sulfone groups is 1. The number of carbonyl (C=O) groups excluding carboxylic acids is 1. The molecule has 0 amide bonds.